The van der Waals surface area contributed by atoms with Crippen LogP contribution in [0.1, 0.15) is 213 Å². The summed E-state index contributed by atoms with van der Waals surface area (Å²) in [6.07, 6.45) is 37.7. The molecule has 0 bridgehead atoms. The highest BCUT2D eigenvalue weighted by atomic mass is 16.5. The fourth-order valence-corrected chi connectivity index (χ4v) is 6.77. The largest absolute Gasteiger partial charge is 0.466 e. The van der Waals surface area contributed by atoms with Crippen LogP contribution in [0.4, 0.5) is 0 Å². The molecule has 0 aromatic carbocycles. The molecule has 0 fully saturated rings. The summed E-state index contributed by atoms with van der Waals surface area (Å²) in [5.74, 6) is 0.451. The predicted octanol–water partition coefficient (Wildman–Crippen LogP) is 12.3. The average molecular weight is 708 g/mol. The zero-order chi connectivity index (χ0) is 36.6. The molecule has 50 heavy (non-hydrogen) atoms. The first-order valence-electron chi connectivity index (χ1n) is 21.8. The topological polar surface area (TPSA) is 76.1 Å². The molecule has 0 aromatic rings. The van der Waals surface area contributed by atoms with Crippen LogP contribution < -0.4 is 0 Å². The van der Waals surface area contributed by atoms with E-state index < -0.39 is 0 Å². The zero-order valence-corrected chi connectivity index (χ0v) is 33.6. The Balaban J connectivity index is 3.95. The Bertz CT molecular complexity index is 729. The second kappa shape index (κ2) is 40.4. The van der Waals surface area contributed by atoms with Gasteiger partial charge in [-0.2, -0.15) is 0 Å². The van der Waals surface area contributed by atoms with Gasteiger partial charge < -0.3 is 19.5 Å². The summed E-state index contributed by atoms with van der Waals surface area (Å²) < 4.78 is 11.2. The number of nitrogens with zero attached hydrogens (tertiary/aromatic N) is 1. The predicted molar refractivity (Wildman–Crippen MR) is 214 cm³/mol. The van der Waals surface area contributed by atoms with Crippen LogP contribution in [0.15, 0.2) is 12.7 Å². The lowest BCUT2D eigenvalue weighted by Crippen LogP contribution is -2.29. The maximum atomic E-state index is 12.5. The summed E-state index contributed by atoms with van der Waals surface area (Å²) in [7, 11) is 0. The first-order chi connectivity index (χ1) is 24.6. The highest BCUT2D eigenvalue weighted by Crippen LogP contribution is 2.20. The molecule has 0 aliphatic heterocycles. The van der Waals surface area contributed by atoms with Gasteiger partial charge in [-0.1, -0.05) is 148 Å². The van der Waals surface area contributed by atoms with Gasteiger partial charge in [-0.05, 0) is 76.8 Å². The van der Waals surface area contributed by atoms with Crippen molar-refractivity contribution in [2.24, 2.45) is 5.92 Å². The van der Waals surface area contributed by atoms with E-state index in [1.54, 1.807) is 0 Å². The number of aliphatic hydroxyl groups excluding tert-OH is 1. The van der Waals surface area contributed by atoms with Crippen LogP contribution in [0.25, 0.3) is 0 Å². The fourth-order valence-electron chi connectivity index (χ4n) is 6.77. The van der Waals surface area contributed by atoms with Crippen LogP contribution in [0, 0.1) is 5.92 Å². The van der Waals surface area contributed by atoms with Crippen LogP contribution in [0.2, 0.25) is 0 Å². The van der Waals surface area contributed by atoms with Crippen molar-refractivity contribution >= 4 is 11.9 Å². The Morgan fingerprint density at radius 1 is 0.560 bits per heavy atom. The Kier molecular flexibility index (Phi) is 39.2. The van der Waals surface area contributed by atoms with E-state index in [2.05, 4.69) is 25.3 Å². The van der Waals surface area contributed by atoms with Crippen LogP contribution in [-0.4, -0.2) is 61.4 Å². The first-order valence-corrected chi connectivity index (χ1v) is 21.8. The first kappa shape index (κ1) is 48.6. The highest BCUT2D eigenvalue weighted by Gasteiger charge is 2.13. The van der Waals surface area contributed by atoms with Crippen molar-refractivity contribution in [3.8, 4) is 0 Å². The molecular formula is C44H85NO5. The van der Waals surface area contributed by atoms with Crippen molar-refractivity contribution in [1.82, 2.24) is 4.90 Å². The number of esters is 2. The van der Waals surface area contributed by atoms with Crippen molar-refractivity contribution in [2.45, 2.75) is 213 Å². The molecule has 1 unspecified atom stereocenters. The summed E-state index contributed by atoms with van der Waals surface area (Å²) in [4.78, 5) is 26.9. The van der Waals surface area contributed by atoms with E-state index in [4.69, 9.17) is 9.47 Å². The van der Waals surface area contributed by atoms with E-state index in [0.717, 1.165) is 90.3 Å². The lowest BCUT2D eigenvalue weighted by atomic mass is 9.95. The zero-order valence-electron chi connectivity index (χ0n) is 33.6. The van der Waals surface area contributed by atoms with Crippen molar-refractivity contribution in [1.29, 1.82) is 0 Å². The van der Waals surface area contributed by atoms with Gasteiger partial charge in [-0.15, -0.1) is 6.58 Å². The SMILES string of the molecule is C=CCCCCCCC(CCCCCCCC)COC(=O)CCCCCCN(CCO)CCCCCCCC(=O)OCCCCCCCCC. The molecule has 0 aliphatic carbocycles. The number of allylic oxidation sites excluding steroid dienone is 1. The van der Waals surface area contributed by atoms with Crippen molar-refractivity contribution in [3.05, 3.63) is 12.7 Å². The second-order valence-electron chi connectivity index (χ2n) is 15.0. The summed E-state index contributed by atoms with van der Waals surface area (Å²) in [6, 6.07) is 0. The molecule has 0 aromatic heterocycles. The van der Waals surface area contributed by atoms with Crippen LogP contribution >= 0.6 is 0 Å². The maximum Gasteiger partial charge on any atom is 0.305 e. The fraction of sp³-hybridized carbons (Fsp3) is 0.909. The minimum atomic E-state index is -0.0361. The number of unbranched alkanes of at least 4 members (excludes halogenated alkanes) is 22. The van der Waals surface area contributed by atoms with Crippen molar-refractivity contribution in [3.63, 3.8) is 0 Å². The van der Waals surface area contributed by atoms with E-state index in [0.29, 0.717) is 32.0 Å². The number of carbonyl (C=O) groups is 2. The maximum absolute atomic E-state index is 12.5. The molecule has 0 amide bonds. The van der Waals surface area contributed by atoms with E-state index in [9.17, 15) is 14.7 Å². The third-order valence-corrected chi connectivity index (χ3v) is 10.1. The van der Waals surface area contributed by atoms with E-state index in [1.165, 1.54) is 116 Å². The van der Waals surface area contributed by atoms with Gasteiger partial charge in [0.15, 0.2) is 0 Å². The molecule has 0 rings (SSSR count). The van der Waals surface area contributed by atoms with E-state index >= 15 is 0 Å². The molecule has 0 aliphatic rings. The number of ether oxygens (including phenoxy) is 2. The van der Waals surface area contributed by atoms with Crippen LogP contribution in [0.3, 0.4) is 0 Å². The number of carbonyl (C=O) groups excluding carboxylic acids is 2. The molecule has 0 radical (unpaired) electrons. The smallest absolute Gasteiger partial charge is 0.305 e. The molecule has 1 atom stereocenters. The summed E-state index contributed by atoms with van der Waals surface area (Å²) in [5, 5.41) is 9.53. The Morgan fingerprint density at radius 3 is 1.52 bits per heavy atom. The monoisotopic (exact) mass is 708 g/mol. The summed E-state index contributed by atoms with van der Waals surface area (Å²) in [6.45, 7) is 12.5. The highest BCUT2D eigenvalue weighted by molar-refractivity contribution is 5.69. The van der Waals surface area contributed by atoms with Gasteiger partial charge in [0.05, 0.1) is 19.8 Å². The standard InChI is InChI=1S/C44H85NO5/c1-4-7-10-13-16-24-31-40-49-43(47)34-27-20-17-22-29-36-45(38-39-46)37-30-23-21-28-35-44(48)50-41-42(32-25-18-14-11-8-5-2)33-26-19-15-12-9-6-3/h5,42,46H,2,4,6-41H2,1,3H3. The quantitative estimate of drug-likeness (QED) is 0.0387. The number of rotatable bonds is 41. The number of hydrogen-bond acceptors (Lipinski definition) is 6. The lowest BCUT2D eigenvalue weighted by molar-refractivity contribution is -0.145. The van der Waals surface area contributed by atoms with Gasteiger partial charge in [-0.3, -0.25) is 9.59 Å². The van der Waals surface area contributed by atoms with Gasteiger partial charge in [0.25, 0.3) is 0 Å². The molecule has 0 saturated carbocycles. The van der Waals surface area contributed by atoms with Gasteiger partial charge in [0.2, 0.25) is 0 Å². The molecule has 0 saturated heterocycles. The second-order valence-corrected chi connectivity index (χ2v) is 15.0. The molecule has 0 spiro atoms. The third-order valence-electron chi connectivity index (χ3n) is 10.1. The van der Waals surface area contributed by atoms with Gasteiger partial charge in [0, 0.05) is 19.4 Å². The Labute approximate surface area is 311 Å². The molecular weight excluding hydrogens is 622 g/mol. The van der Waals surface area contributed by atoms with Gasteiger partial charge >= 0.3 is 11.9 Å². The van der Waals surface area contributed by atoms with Crippen LogP contribution in [-0.2, 0) is 19.1 Å². The molecule has 296 valence electrons. The normalized spacial score (nSPS) is 12.0. The Morgan fingerprint density at radius 2 is 1.00 bits per heavy atom. The van der Waals surface area contributed by atoms with E-state index in [-0.39, 0.29) is 18.5 Å². The molecule has 6 heteroatoms. The summed E-state index contributed by atoms with van der Waals surface area (Å²) >= 11 is 0. The Hall–Kier alpha value is -1.40. The van der Waals surface area contributed by atoms with Crippen molar-refractivity contribution in [2.75, 3.05) is 39.5 Å². The van der Waals surface area contributed by atoms with E-state index in [1.807, 2.05) is 6.08 Å². The lowest BCUT2D eigenvalue weighted by Gasteiger charge is -2.21. The number of hydrogen-bond donors (Lipinski definition) is 1. The molecule has 0 heterocycles. The van der Waals surface area contributed by atoms with Crippen molar-refractivity contribution < 1.29 is 24.2 Å². The molecule has 6 nitrogen and oxygen atoms in total. The minimum Gasteiger partial charge on any atom is -0.466 e. The summed E-state index contributed by atoms with van der Waals surface area (Å²) in [5.41, 5.74) is 0. The number of aliphatic hydroxyl groups is 1. The van der Waals surface area contributed by atoms with Crippen LogP contribution in [0.5, 0.6) is 0 Å². The minimum absolute atomic E-state index is 0.0220. The van der Waals surface area contributed by atoms with Gasteiger partial charge in [-0.25, -0.2) is 0 Å². The molecule has 1 N–H and O–H groups in total. The third kappa shape index (κ3) is 36.4. The van der Waals surface area contributed by atoms with Gasteiger partial charge in [0.1, 0.15) is 0 Å². The average Bonchev–Trinajstić information content (AvgIpc) is 3.11.